The predicted molar refractivity (Wildman–Crippen MR) is 105 cm³/mol. The van der Waals surface area contributed by atoms with Crippen molar-refractivity contribution in [3.63, 3.8) is 0 Å². The van der Waals surface area contributed by atoms with Crippen LogP contribution in [-0.2, 0) is 0 Å². The molecule has 1 heterocycles. The summed E-state index contributed by atoms with van der Waals surface area (Å²) in [6, 6.07) is 13.0. The molecule has 0 spiro atoms. The van der Waals surface area contributed by atoms with E-state index < -0.39 is 0 Å². The van der Waals surface area contributed by atoms with Crippen molar-refractivity contribution in [1.29, 1.82) is 0 Å². The molecule has 5 heteroatoms. The first-order valence-electron chi connectivity index (χ1n) is 8.47. The van der Waals surface area contributed by atoms with Gasteiger partial charge in [0.25, 0.3) is 0 Å². The van der Waals surface area contributed by atoms with Crippen molar-refractivity contribution in [2.24, 2.45) is 5.92 Å². The van der Waals surface area contributed by atoms with E-state index in [1.165, 1.54) is 30.2 Å². The second-order valence-electron chi connectivity index (χ2n) is 6.77. The normalized spacial score (nSPS) is 19.3. The second kappa shape index (κ2) is 8.39. The van der Waals surface area contributed by atoms with Gasteiger partial charge in [0.2, 0.25) is 0 Å². The average molecular weight is 369 g/mol. The number of aromatic hydroxyl groups is 1. The molecule has 0 unspecified atom stereocenters. The quantitative estimate of drug-likeness (QED) is 0.851. The maximum atomic E-state index is 9.62. The number of hydrogen-bond donors (Lipinski definition) is 2. The summed E-state index contributed by atoms with van der Waals surface area (Å²) >= 11 is 0. The Morgan fingerprint density at radius 2 is 1.67 bits per heavy atom. The lowest BCUT2D eigenvalue weighted by Gasteiger charge is -2.35. The van der Waals surface area contributed by atoms with Crippen molar-refractivity contribution in [2.75, 3.05) is 26.2 Å². The predicted octanol–water partition coefficient (Wildman–Crippen LogP) is 4.14. The maximum absolute atomic E-state index is 9.62. The van der Waals surface area contributed by atoms with Crippen LogP contribution in [0.1, 0.15) is 30.9 Å². The summed E-state index contributed by atoms with van der Waals surface area (Å²) in [4.78, 5) is 2.65. The highest BCUT2D eigenvalue weighted by Crippen LogP contribution is 2.40. The molecular weight excluding hydrogens is 343 g/mol. The summed E-state index contributed by atoms with van der Waals surface area (Å²) in [5.41, 5.74) is 1.44. The number of piperazine rings is 1. The number of rotatable bonds is 4. The van der Waals surface area contributed by atoms with Crippen molar-refractivity contribution < 1.29 is 5.11 Å². The number of nitrogens with one attached hydrogen (secondary N) is 1. The van der Waals surface area contributed by atoms with E-state index in [-0.39, 0.29) is 24.8 Å². The maximum Gasteiger partial charge on any atom is 0.116 e. The molecule has 24 heavy (non-hydrogen) atoms. The molecule has 0 radical (unpaired) electrons. The Labute approximate surface area is 156 Å². The van der Waals surface area contributed by atoms with Crippen molar-refractivity contribution in [1.82, 2.24) is 10.2 Å². The summed E-state index contributed by atoms with van der Waals surface area (Å²) in [5, 5.41) is 15.4. The van der Waals surface area contributed by atoms with Crippen molar-refractivity contribution >= 4 is 35.6 Å². The number of benzene rings is 2. The van der Waals surface area contributed by atoms with Crippen LogP contribution >= 0.6 is 24.8 Å². The third kappa shape index (κ3) is 4.34. The van der Waals surface area contributed by atoms with Crippen molar-refractivity contribution in [3.8, 4) is 5.75 Å². The zero-order valence-corrected chi connectivity index (χ0v) is 15.4. The van der Waals surface area contributed by atoms with Gasteiger partial charge in [-0.15, -0.1) is 24.8 Å². The molecule has 132 valence electrons. The number of nitrogens with zero attached hydrogens (tertiary/aromatic N) is 1. The number of phenolic OH excluding ortho intramolecular Hbond substituents is 1. The fourth-order valence-corrected chi connectivity index (χ4v) is 3.62. The lowest BCUT2D eigenvalue weighted by Crippen LogP contribution is -2.45. The van der Waals surface area contributed by atoms with Crippen LogP contribution in [0.2, 0.25) is 0 Å². The number of fused-ring (bicyclic) bond motifs is 1. The Kier molecular flexibility index (Phi) is 6.76. The molecule has 2 N–H and O–H groups in total. The fourth-order valence-electron chi connectivity index (χ4n) is 3.62. The van der Waals surface area contributed by atoms with Crippen LogP contribution in [-0.4, -0.2) is 36.2 Å². The van der Waals surface area contributed by atoms with Gasteiger partial charge < -0.3 is 10.4 Å². The lowest BCUT2D eigenvalue weighted by atomic mass is 9.96. The number of hydrogen-bond acceptors (Lipinski definition) is 3. The summed E-state index contributed by atoms with van der Waals surface area (Å²) in [5.74, 6) is 1.27. The van der Waals surface area contributed by atoms with E-state index in [1.807, 2.05) is 12.1 Å². The Hall–Kier alpha value is -1.00. The van der Waals surface area contributed by atoms with Gasteiger partial charge in [0, 0.05) is 32.2 Å². The zero-order chi connectivity index (χ0) is 14.9. The number of halogens is 2. The third-order valence-corrected chi connectivity index (χ3v) is 5.08. The minimum atomic E-state index is 0. The summed E-state index contributed by atoms with van der Waals surface area (Å²) in [6.45, 7) is 4.49. The monoisotopic (exact) mass is 368 g/mol. The molecule has 0 amide bonds. The van der Waals surface area contributed by atoms with Gasteiger partial charge in [-0.25, -0.2) is 0 Å². The first-order valence-corrected chi connectivity index (χ1v) is 8.47. The highest BCUT2D eigenvalue weighted by Gasteiger charge is 2.30. The molecule has 1 saturated heterocycles. The largest absolute Gasteiger partial charge is 0.508 e. The van der Waals surface area contributed by atoms with Gasteiger partial charge in [-0.1, -0.05) is 31.0 Å². The van der Waals surface area contributed by atoms with Gasteiger partial charge in [-0.05, 0) is 46.9 Å². The van der Waals surface area contributed by atoms with E-state index in [2.05, 4.69) is 28.4 Å². The molecule has 2 aromatic rings. The van der Waals surface area contributed by atoms with Crippen LogP contribution in [0, 0.1) is 5.92 Å². The van der Waals surface area contributed by atoms with Crippen LogP contribution in [0.3, 0.4) is 0 Å². The minimum Gasteiger partial charge on any atom is -0.508 e. The lowest BCUT2D eigenvalue weighted by molar-refractivity contribution is 0.160. The van der Waals surface area contributed by atoms with Crippen molar-refractivity contribution in [2.45, 2.75) is 25.3 Å². The number of phenols is 1. The van der Waals surface area contributed by atoms with E-state index in [9.17, 15) is 5.11 Å². The Balaban J connectivity index is 0.00000104. The molecule has 1 atom stereocenters. The van der Waals surface area contributed by atoms with Crippen LogP contribution in [0.25, 0.3) is 10.8 Å². The molecule has 2 fully saturated rings. The highest BCUT2D eigenvalue weighted by molar-refractivity contribution is 5.86. The Morgan fingerprint density at radius 1 is 1.00 bits per heavy atom. The molecule has 2 aliphatic rings. The molecule has 1 aliphatic carbocycles. The van der Waals surface area contributed by atoms with Gasteiger partial charge in [0.05, 0.1) is 0 Å². The molecule has 1 aliphatic heterocycles. The van der Waals surface area contributed by atoms with E-state index in [0.717, 1.165) is 37.5 Å². The van der Waals surface area contributed by atoms with Crippen LogP contribution in [0.5, 0.6) is 5.75 Å². The topological polar surface area (TPSA) is 35.5 Å². The highest BCUT2D eigenvalue weighted by atomic mass is 35.5. The van der Waals surface area contributed by atoms with E-state index in [0.29, 0.717) is 11.8 Å². The van der Waals surface area contributed by atoms with Gasteiger partial charge in [-0.2, -0.15) is 0 Å². The van der Waals surface area contributed by atoms with E-state index >= 15 is 0 Å². The molecular formula is C19H26Cl2N2O. The summed E-state index contributed by atoms with van der Waals surface area (Å²) in [7, 11) is 0. The molecule has 2 aromatic carbocycles. The SMILES string of the molecule is Cl.Cl.Oc1ccc2cc([C@H](CC3CC3)N3CCNCC3)ccc2c1. The van der Waals surface area contributed by atoms with Crippen LogP contribution in [0.15, 0.2) is 36.4 Å². The molecule has 3 nitrogen and oxygen atoms in total. The minimum absolute atomic E-state index is 0. The van der Waals surface area contributed by atoms with E-state index in [1.54, 1.807) is 6.07 Å². The van der Waals surface area contributed by atoms with Gasteiger partial charge >= 0.3 is 0 Å². The fraction of sp³-hybridized carbons (Fsp3) is 0.474. The smallest absolute Gasteiger partial charge is 0.116 e. The molecule has 1 saturated carbocycles. The zero-order valence-electron chi connectivity index (χ0n) is 13.8. The molecule has 0 bridgehead atoms. The standard InChI is InChI=1S/C19H24N2O.2ClH/c22-18-6-5-15-12-17(4-3-16(15)13-18)19(11-14-1-2-14)21-9-7-20-8-10-21;;/h3-6,12-14,19-20,22H,1-2,7-11H2;2*1H/t19-;;/m0../s1. The van der Waals surface area contributed by atoms with Gasteiger partial charge in [-0.3, -0.25) is 4.90 Å². The first-order chi connectivity index (χ1) is 10.8. The van der Waals surface area contributed by atoms with E-state index in [4.69, 9.17) is 0 Å². The average Bonchev–Trinajstić information content (AvgIpc) is 3.37. The summed E-state index contributed by atoms with van der Waals surface area (Å²) in [6.07, 6.45) is 4.11. The van der Waals surface area contributed by atoms with Gasteiger partial charge in [0.1, 0.15) is 5.75 Å². The molecule has 4 rings (SSSR count). The first kappa shape index (κ1) is 19.3. The van der Waals surface area contributed by atoms with Crippen molar-refractivity contribution in [3.05, 3.63) is 42.0 Å². The molecule has 0 aromatic heterocycles. The van der Waals surface area contributed by atoms with Crippen LogP contribution < -0.4 is 5.32 Å². The van der Waals surface area contributed by atoms with Gasteiger partial charge in [0.15, 0.2) is 0 Å². The second-order valence-corrected chi connectivity index (χ2v) is 6.77. The Morgan fingerprint density at radius 3 is 2.38 bits per heavy atom. The summed E-state index contributed by atoms with van der Waals surface area (Å²) < 4.78 is 0. The Bertz CT molecular complexity index is 669. The van der Waals surface area contributed by atoms with Crippen LogP contribution in [0.4, 0.5) is 0 Å². The third-order valence-electron chi connectivity index (χ3n) is 5.08.